The topological polar surface area (TPSA) is 97.7 Å². The van der Waals surface area contributed by atoms with Gasteiger partial charge in [-0.15, -0.1) is 0 Å². The van der Waals surface area contributed by atoms with Gasteiger partial charge >= 0.3 is 6.03 Å². The summed E-state index contributed by atoms with van der Waals surface area (Å²) in [6.45, 7) is 17.4. The second-order valence-electron chi connectivity index (χ2n) is 11.0. The standard InChI is InChI=1S/C24H43N5O3/c1-7-10-28-11-8-24(18-25,9-12-28)27-20(30)19(17-23(5,6)22(2,3)4)26-21(31)29-13-15-32-16-14-29/h19H,7-17H2,1-6H3,(H,26,31)(H,27,30). The van der Waals surface area contributed by atoms with Crippen molar-refractivity contribution in [3.63, 3.8) is 0 Å². The van der Waals surface area contributed by atoms with Gasteiger partial charge in [-0.2, -0.15) is 5.26 Å². The van der Waals surface area contributed by atoms with Gasteiger partial charge in [0.2, 0.25) is 5.91 Å². The lowest BCUT2D eigenvalue weighted by molar-refractivity contribution is -0.126. The first kappa shape index (κ1) is 26.4. The highest BCUT2D eigenvalue weighted by Gasteiger charge is 2.42. The Balaban J connectivity index is 2.15. The molecule has 1 atom stereocenters. The zero-order chi connectivity index (χ0) is 24.0. The van der Waals surface area contributed by atoms with Gasteiger partial charge in [0.15, 0.2) is 0 Å². The second kappa shape index (κ2) is 10.8. The van der Waals surface area contributed by atoms with Crippen LogP contribution in [0.25, 0.3) is 0 Å². The highest BCUT2D eigenvalue weighted by atomic mass is 16.5. The highest BCUT2D eigenvalue weighted by Crippen LogP contribution is 2.41. The number of likely N-dealkylation sites (tertiary alicyclic amines) is 1. The van der Waals surface area contributed by atoms with Gasteiger partial charge in [0, 0.05) is 26.2 Å². The van der Waals surface area contributed by atoms with E-state index in [9.17, 15) is 14.9 Å². The maximum Gasteiger partial charge on any atom is 0.318 e. The van der Waals surface area contributed by atoms with Gasteiger partial charge in [-0.25, -0.2) is 4.79 Å². The first-order chi connectivity index (χ1) is 14.9. The summed E-state index contributed by atoms with van der Waals surface area (Å²) < 4.78 is 5.34. The summed E-state index contributed by atoms with van der Waals surface area (Å²) in [5, 5.41) is 16.0. The van der Waals surface area contributed by atoms with Crippen LogP contribution in [0, 0.1) is 22.2 Å². The monoisotopic (exact) mass is 449 g/mol. The van der Waals surface area contributed by atoms with Crippen molar-refractivity contribution in [3.05, 3.63) is 0 Å². The van der Waals surface area contributed by atoms with Gasteiger partial charge < -0.3 is 25.2 Å². The van der Waals surface area contributed by atoms with Crippen molar-refractivity contribution >= 4 is 11.9 Å². The number of amides is 3. The molecule has 0 radical (unpaired) electrons. The zero-order valence-corrected chi connectivity index (χ0v) is 20.9. The van der Waals surface area contributed by atoms with E-state index in [0.29, 0.717) is 45.6 Å². The molecule has 2 fully saturated rings. The molecule has 182 valence electrons. The van der Waals surface area contributed by atoms with Crippen LogP contribution in [0.2, 0.25) is 0 Å². The van der Waals surface area contributed by atoms with E-state index in [1.807, 2.05) is 0 Å². The Morgan fingerprint density at radius 2 is 1.69 bits per heavy atom. The van der Waals surface area contributed by atoms with Crippen LogP contribution >= 0.6 is 0 Å². The van der Waals surface area contributed by atoms with Crippen molar-refractivity contribution in [1.82, 2.24) is 20.4 Å². The molecular formula is C24H43N5O3. The molecule has 2 aliphatic rings. The average molecular weight is 450 g/mol. The van der Waals surface area contributed by atoms with Gasteiger partial charge in [0.1, 0.15) is 11.6 Å². The normalized spacial score (nSPS) is 20.8. The second-order valence-corrected chi connectivity index (χ2v) is 11.0. The first-order valence-corrected chi connectivity index (χ1v) is 12.0. The van der Waals surface area contributed by atoms with Crippen LogP contribution in [-0.2, 0) is 9.53 Å². The SMILES string of the molecule is CCCN1CCC(C#N)(NC(=O)C(CC(C)(C)C(C)(C)C)NC(=O)N2CCOCC2)CC1. The number of ether oxygens (including phenoxy) is 1. The number of carbonyl (C=O) groups excluding carboxylic acids is 2. The molecule has 2 N–H and O–H groups in total. The van der Waals surface area contributed by atoms with E-state index in [1.54, 1.807) is 4.90 Å². The molecule has 0 spiro atoms. The van der Waals surface area contributed by atoms with Gasteiger partial charge in [0.25, 0.3) is 0 Å². The van der Waals surface area contributed by atoms with E-state index < -0.39 is 11.6 Å². The minimum Gasteiger partial charge on any atom is -0.378 e. The lowest BCUT2D eigenvalue weighted by atomic mass is 9.66. The minimum atomic E-state index is -0.880. The molecule has 0 saturated carbocycles. The fourth-order valence-corrected chi connectivity index (χ4v) is 4.09. The summed E-state index contributed by atoms with van der Waals surface area (Å²) in [6.07, 6.45) is 2.76. The average Bonchev–Trinajstić information content (AvgIpc) is 2.74. The number of piperidine rings is 1. The Labute approximate surface area is 194 Å². The minimum absolute atomic E-state index is 0.0619. The van der Waals surface area contributed by atoms with E-state index in [4.69, 9.17) is 4.74 Å². The number of morpholine rings is 1. The smallest absolute Gasteiger partial charge is 0.318 e. The Bertz CT molecular complexity index is 681. The molecule has 2 rings (SSSR count). The van der Waals surface area contributed by atoms with Crippen LogP contribution in [0.4, 0.5) is 4.79 Å². The summed E-state index contributed by atoms with van der Waals surface area (Å²) in [5.74, 6) is -0.269. The van der Waals surface area contributed by atoms with E-state index in [-0.39, 0.29) is 22.8 Å². The highest BCUT2D eigenvalue weighted by molar-refractivity contribution is 5.88. The zero-order valence-electron chi connectivity index (χ0n) is 20.9. The summed E-state index contributed by atoms with van der Waals surface area (Å²) in [4.78, 5) is 30.4. The fraction of sp³-hybridized carbons (Fsp3) is 0.875. The van der Waals surface area contributed by atoms with E-state index in [0.717, 1.165) is 26.1 Å². The maximum absolute atomic E-state index is 13.5. The van der Waals surface area contributed by atoms with Crippen LogP contribution in [0.5, 0.6) is 0 Å². The summed E-state index contributed by atoms with van der Waals surface area (Å²) >= 11 is 0. The largest absolute Gasteiger partial charge is 0.378 e. The number of hydrogen-bond acceptors (Lipinski definition) is 5. The Kier molecular flexibility index (Phi) is 8.95. The van der Waals surface area contributed by atoms with Crippen LogP contribution in [-0.4, -0.2) is 79.3 Å². The van der Waals surface area contributed by atoms with Gasteiger partial charge in [0.05, 0.1) is 19.3 Å². The van der Waals surface area contributed by atoms with E-state index >= 15 is 0 Å². The molecule has 2 aliphatic heterocycles. The predicted molar refractivity (Wildman–Crippen MR) is 125 cm³/mol. The molecule has 0 aromatic heterocycles. The molecular weight excluding hydrogens is 406 g/mol. The fourth-order valence-electron chi connectivity index (χ4n) is 4.09. The molecule has 32 heavy (non-hydrogen) atoms. The Morgan fingerprint density at radius 1 is 1.09 bits per heavy atom. The third-order valence-electron chi connectivity index (χ3n) is 7.48. The molecule has 8 nitrogen and oxygen atoms in total. The third kappa shape index (κ3) is 6.82. The van der Waals surface area contributed by atoms with Gasteiger partial charge in [-0.05, 0) is 43.1 Å². The lowest BCUT2D eigenvalue weighted by Gasteiger charge is -2.42. The number of nitrogens with zero attached hydrogens (tertiary/aromatic N) is 3. The van der Waals surface area contributed by atoms with Crippen molar-refractivity contribution in [1.29, 1.82) is 5.26 Å². The van der Waals surface area contributed by atoms with Gasteiger partial charge in [-0.1, -0.05) is 41.5 Å². The maximum atomic E-state index is 13.5. The number of urea groups is 1. The number of carbonyl (C=O) groups is 2. The summed E-state index contributed by atoms with van der Waals surface area (Å²) in [6, 6.07) is 1.42. The van der Waals surface area contributed by atoms with Crippen LogP contribution in [0.15, 0.2) is 0 Å². The van der Waals surface area contributed by atoms with Crippen LogP contribution in [0.1, 0.15) is 67.2 Å². The molecule has 2 heterocycles. The molecule has 1 unspecified atom stereocenters. The lowest BCUT2D eigenvalue weighted by Crippen LogP contribution is -2.61. The summed E-state index contributed by atoms with van der Waals surface area (Å²) in [7, 11) is 0. The van der Waals surface area contributed by atoms with Crippen molar-refractivity contribution < 1.29 is 14.3 Å². The van der Waals surface area contributed by atoms with E-state index in [1.165, 1.54) is 0 Å². The van der Waals surface area contributed by atoms with Crippen molar-refractivity contribution in [2.24, 2.45) is 10.8 Å². The molecule has 8 heteroatoms. The van der Waals surface area contributed by atoms with Crippen LogP contribution < -0.4 is 10.6 Å². The van der Waals surface area contributed by atoms with Crippen molar-refractivity contribution in [3.8, 4) is 6.07 Å². The number of hydrogen-bond donors (Lipinski definition) is 2. The third-order valence-corrected chi connectivity index (χ3v) is 7.48. The molecule has 3 amide bonds. The number of nitrogens with one attached hydrogen (secondary N) is 2. The molecule has 0 aromatic carbocycles. The predicted octanol–water partition coefficient (Wildman–Crippen LogP) is 2.74. The quantitative estimate of drug-likeness (QED) is 0.623. The Morgan fingerprint density at radius 3 is 2.19 bits per heavy atom. The molecule has 0 aromatic rings. The first-order valence-electron chi connectivity index (χ1n) is 12.0. The van der Waals surface area contributed by atoms with Gasteiger partial charge in [-0.3, -0.25) is 4.79 Å². The van der Waals surface area contributed by atoms with Crippen molar-refractivity contribution in [2.75, 3.05) is 45.9 Å². The number of nitriles is 1. The van der Waals surface area contributed by atoms with Crippen LogP contribution in [0.3, 0.4) is 0 Å². The van der Waals surface area contributed by atoms with E-state index in [2.05, 4.69) is 63.1 Å². The molecule has 0 bridgehead atoms. The number of rotatable bonds is 7. The molecule has 0 aliphatic carbocycles. The Hall–Kier alpha value is -1.85. The summed E-state index contributed by atoms with van der Waals surface area (Å²) in [5.41, 5.74) is -1.15. The van der Waals surface area contributed by atoms with Crippen molar-refractivity contribution in [2.45, 2.75) is 78.8 Å². The molecule has 2 saturated heterocycles.